The molecule has 36 heteroatoms. The Morgan fingerprint density at radius 1 is 0.150 bits per heavy atom. The molecule has 0 aliphatic heterocycles. The van der Waals surface area contributed by atoms with Crippen molar-refractivity contribution in [1.29, 1.82) is 0 Å². The van der Waals surface area contributed by atoms with Gasteiger partial charge in [-0.05, 0) is 83.1 Å². The van der Waals surface area contributed by atoms with Gasteiger partial charge in [0.15, 0.2) is 0 Å². The fourth-order valence-electron chi connectivity index (χ4n) is 0. The SMILES string of the molecule is CC(=O)[O-].CC(=O)[O-].CC(=O)[O-].CC(=O)[O-].CC(=O)[O-].CC(=O)[O-].CC(=O)[O-].CC(=O)[O-].CC(=O)[O-].CC(=O)[O-].CC(=O)[O-].CC(=O)[O-].[K+].[K+].[K+].[K+].[K+].[K+].[K+].[K+].[K+].[K+].[K+].[K+]. The van der Waals surface area contributed by atoms with Crippen LogP contribution in [0.5, 0.6) is 0 Å². The number of rotatable bonds is 0. The van der Waals surface area contributed by atoms with E-state index in [1.807, 2.05) is 0 Å². The summed E-state index contributed by atoms with van der Waals surface area (Å²) in [4.78, 5) is 107. The van der Waals surface area contributed by atoms with Crippen LogP contribution in [-0.4, -0.2) is 71.6 Å². The molecule has 0 saturated heterocycles. The summed E-state index contributed by atoms with van der Waals surface area (Å²) in [5.41, 5.74) is 0. The fourth-order valence-corrected chi connectivity index (χ4v) is 0. The first-order chi connectivity index (χ1) is 20.8. The van der Waals surface area contributed by atoms with Gasteiger partial charge in [0.1, 0.15) is 0 Å². The van der Waals surface area contributed by atoms with Crippen molar-refractivity contribution in [3.05, 3.63) is 0 Å². The summed E-state index contributed by atoms with van der Waals surface area (Å²) >= 11 is 0. The maximum atomic E-state index is 8.89. The minimum Gasteiger partial charge on any atom is -0.550 e. The average molecular weight is 1180 g/mol. The standard InChI is InChI=1S/12C2H4O2.12K/c12*1-2(3)4;;;;;;;;;;;;/h12*1H3,(H,3,4);;;;;;;;;;;;/q;;;;;;;;;;;;12*+1/p-12. The van der Waals surface area contributed by atoms with Gasteiger partial charge in [-0.2, -0.15) is 0 Å². The van der Waals surface area contributed by atoms with Crippen LogP contribution in [0.1, 0.15) is 83.1 Å². The molecule has 0 fully saturated rings. The summed E-state index contributed by atoms with van der Waals surface area (Å²) in [5, 5.41) is 107. The number of carbonyl (C=O) groups excluding carboxylic acids is 12. The summed E-state index contributed by atoms with van der Waals surface area (Å²) in [7, 11) is 0. The first-order valence-corrected chi connectivity index (χ1v) is 10.9. The molecule has 0 aliphatic carbocycles. The van der Waals surface area contributed by atoms with Crippen LogP contribution in [0, 0.1) is 0 Å². The van der Waals surface area contributed by atoms with Crippen LogP contribution in [0.3, 0.4) is 0 Å². The molecule has 0 radical (unpaired) electrons. The molecule has 0 rings (SSSR count). The molecule has 0 heterocycles. The molecule has 0 aromatic heterocycles. The van der Waals surface area contributed by atoms with Crippen LogP contribution in [0.4, 0.5) is 0 Å². The molecule has 24 nitrogen and oxygen atoms in total. The number of carboxylic acids is 12. The Labute approximate surface area is 861 Å². The van der Waals surface area contributed by atoms with E-state index in [2.05, 4.69) is 0 Å². The van der Waals surface area contributed by atoms with Gasteiger partial charge in [-0.15, -0.1) is 0 Å². The van der Waals surface area contributed by atoms with Crippen molar-refractivity contribution in [2.24, 2.45) is 0 Å². The Balaban J connectivity index is -0.0000000105. The Hall–Kier alpha value is 13.3. The van der Waals surface area contributed by atoms with Gasteiger partial charge in [-0.25, -0.2) is 0 Å². The van der Waals surface area contributed by atoms with Crippen molar-refractivity contribution in [3.63, 3.8) is 0 Å². The third-order valence-corrected chi connectivity index (χ3v) is 0. The Morgan fingerprint density at radius 2 is 0.150 bits per heavy atom. The van der Waals surface area contributed by atoms with E-state index >= 15 is 0 Å². The fraction of sp³-hybridized carbons (Fsp3) is 0.500. The second kappa shape index (κ2) is 151. The molecule has 288 valence electrons. The van der Waals surface area contributed by atoms with E-state index in [0.717, 1.165) is 83.1 Å². The molecule has 0 bridgehead atoms. The molecule has 0 aliphatic rings. The molecule has 0 unspecified atom stereocenters. The van der Waals surface area contributed by atoms with Gasteiger partial charge in [-0.1, -0.05) is 0 Å². The minimum atomic E-state index is -1.08. The second-order valence-electron chi connectivity index (χ2n) is 5.90. The van der Waals surface area contributed by atoms with Crippen molar-refractivity contribution < 1.29 is 735 Å². The van der Waals surface area contributed by atoms with E-state index < -0.39 is 71.6 Å². The molecule has 0 N–H and O–H groups in total. The molecular formula is C24H36K12O24. The first-order valence-electron chi connectivity index (χ1n) is 10.9. The summed E-state index contributed by atoms with van der Waals surface area (Å²) in [6.45, 7) is 11.7. The Bertz CT molecular complexity index is 626. The maximum Gasteiger partial charge on any atom is 1.00 e. The Morgan fingerprint density at radius 3 is 0.150 bits per heavy atom. The first kappa shape index (κ1) is 158. The number of aliphatic carboxylic acids is 12. The van der Waals surface area contributed by atoms with Crippen LogP contribution in [0.25, 0.3) is 0 Å². The summed E-state index contributed by atoms with van der Waals surface area (Å²) < 4.78 is 0. The third-order valence-electron chi connectivity index (χ3n) is 0. The van der Waals surface area contributed by atoms with E-state index in [0.29, 0.717) is 0 Å². The molecular weight excluding hydrogens is 1140 g/mol. The average Bonchev–Trinajstić information content (AvgIpc) is 2.61. The van der Waals surface area contributed by atoms with Gasteiger partial charge in [0.05, 0.1) is 0 Å². The third kappa shape index (κ3) is 2000. The van der Waals surface area contributed by atoms with Crippen molar-refractivity contribution in [2.45, 2.75) is 83.1 Å². The number of hydrogen-bond acceptors (Lipinski definition) is 24. The molecule has 60 heavy (non-hydrogen) atoms. The van der Waals surface area contributed by atoms with Gasteiger partial charge in [-0.3, -0.25) is 0 Å². The van der Waals surface area contributed by atoms with Gasteiger partial charge in [0.2, 0.25) is 0 Å². The van der Waals surface area contributed by atoms with E-state index in [9.17, 15) is 0 Å². The molecule has 0 saturated carbocycles. The summed E-state index contributed by atoms with van der Waals surface area (Å²) in [6.07, 6.45) is 0. The van der Waals surface area contributed by atoms with Crippen LogP contribution >= 0.6 is 0 Å². The molecule has 0 spiro atoms. The van der Waals surface area contributed by atoms with Crippen LogP contribution < -0.4 is 678 Å². The van der Waals surface area contributed by atoms with Crippen molar-refractivity contribution in [1.82, 2.24) is 0 Å². The topological polar surface area (TPSA) is 482 Å². The summed E-state index contributed by atoms with van der Waals surface area (Å²) in [5.74, 6) is -13.0. The Kier molecular flexibility index (Phi) is 397. The predicted molar refractivity (Wildman–Crippen MR) is 128 cm³/mol. The zero-order chi connectivity index (χ0) is 42.9. The molecule has 0 aromatic carbocycles. The van der Waals surface area contributed by atoms with Crippen molar-refractivity contribution in [2.75, 3.05) is 0 Å². The number of carbonyl (C=O) groups is 12. The molecule has 0 atom stereocenters. The van der Waals surface area contributed by atoms with E-state index in [-0.39, 0.29) is 617 Å². The summed E-state index contributed by atoms with van der Waals surface area (Å²) in [6, 6.07) is 0. The largest absolute Gasteiger partial charge is 1.00 e. The van der Waals surface area contributed by atoms with Crippen molar-refractivity contribution >= 4 is 71.6 Å². The van der Waals surface area contributed by atoms with Gasteiger partial charge in [0.25, 0.3) is 0 Å². The van der Waals surface area contributed by atoms with Crippen LogP contribution in [0.2, 0.25) is 0 Å². The minimum absolute atomic E-state index is 0. The quantitative estimate of drug-likeness (QED) is 0.203. The smallest absolute Gasteiger partial charge is 0.550 e. The zero-order valence-corrected chi connectivity index (χ0v) is 77.3. The van der Waals surface area contributed by atoms with E-state index in [1.165, 1.54) is 0 Å². The van der Waals surface area contributed by atoms with Gasteiger partial charge < -0.3 is 119 Å². The molecule has 0 aromatic rings. The monoisotopic (exact) mass is 1180 g/mol. The number of hydrogen-bond donors (Lipinski definition) is 0. The van der Waals surface area contributed by atoms with E-state index in [1.54, 1.807) is 0 Å². The maximum absolute atomic E-state index is 8.89. The molecule has 0 amide bonds. The van der Waals surface area contributed by atoms with Gasteiger partial charge in [0, 0.05) is 71.6 Å². The van der Waals surface area contributed by atoms with Crippen LogP contribution in [-0.2, 0) is 57.5 Å². The van der Waals surface area contributed by atoms with E-state index in [4.69, 9.17) is 119 Å². The normalized spacial score (nSPS) is 5.00. The predicted octanol–water partition coefficient (Wildman–Crippen LogP) is -50.9. The second-order valence-corrected chi connectivity index (χ2v) is 5.90. The number of carboxylic acid groups (broad SMARTS) is 12. The van der Waals surface area contributed by atoms with Gasteiger partial charge >= 0.3 is 617 Å². The van der Waals surface area contributed by atoms with Crippen molar-refractivity contribution in [3.8, 4) is 0 Å². The van der Waals surface area contributed by atoms with Crippen LogP contribution in [0.15, 0.2) is 0 Å². The zero-order valence-electron chi connectivity index (χ0n) is 39.8.